The highest BCUT2D eigenvalue weighted by atomic mass is 35.5. The molecule has 25 heavy (non-hydrogen) atoms. The Labute approximate surface area is 163 Å². The average molecular weight is 416 g/mol. The largest absolute Gasteiger partial charge is 0.350 e. The maximum atomic E-state index is 12.7. The third-order valence-corrected chi connectivity index (χ3v) is 5.13. The van der Waals surface area contributed by atoms with Crippen molar-refractivity contribution < 1.29 is 9.59 Å². The average Bonchev–Trinajstić information content (AvgIpc) is 2.77. The molecule has 4 nitrogen and oxygen atoms in total. The van der Waals surface area contributed by atoms with Crippen molar-refractivity contribution >= 4 is 69.6 Å². The minimum Gasteiger partial charge on any atom is -0.350 e. The summed E-state index contributed by atoms with van der Waals surface area (Å²) in [5, 5.41) is 3.71. The van der Waals surface area contributed by atoms with Gasteiger partial charge in [-0.2, -0.15) is 0 Å². The Morgan fingerprint density at radius 1 is 0.840 bits per heavy atom. The summed E-state index contributed by atoms with van der Waals surface area (Å²) >= 11 is 24.0. The third-order valence-electron chi connectivity index (χ3n) is 3.63. The van der Waals surface area contributed by atoms with E-state index in [1.807, 2.05) is 6.92 Å². The molecule has 0 fully saturated rings. The van der Waals surface area contributed by atoms with Crippen molar-refractivity contribution in [2.24, 2.45) is 0 Å². The number of aryl methyl sites for hydroxylation is 1. The predicted molar refractivity (Wildman–Crippen MR) is 102 cm³/mol. The summed E-state index contributed by atoms with van der Waals surface area (Å²) in [6.45, 7) is 1.86. The Morgan fingerprint density at radius 2 is 1.56 bits per heavy atom. The number of nitrogens with one attached hydrogen (secondary N) is 1. The van der Waals surface area contributed by atoms with E-state index in [4.69, 9.17) is 46.4 Å². The molecule has 0 bridgehead atoms. The quantitative estimate of drug-likeness (QED) is 0.683. The lowest BCUT2D eigenvalue weighted by molar-refractivity contribution is -0.120. The number of nitrogens with zero attached hydrogens (tertiary/aromatic N) is 1. The van der Waals surface area contributed by atoms with E-state index in [-0.39, 0.29) is 21.4 Å². The molecule has 0 spiro atoms. The molecule has 0 radical (unpaired) electrons. The summed E-state index contributed by atoms with van der Waals surface area (Å²) in [6, 6.07) is 9.61. The number of anilines is 2. The van der Waals surface area contributed by atoms with Gasteiger partial charge >= 0.3 is 0 Å². The van der Waals surface area contributed by atoms with E-state index in [1.54, 1.807) is 18.2 Å². The van der Waals surface area contributed by atoms with Crippen LogP contribution in [0.1, 0.15) is 5.56 Å². The highest BCUT2D eigenvalue weighted by molar-refractivity contribution is 6.53. The highest BCUT2D eigenvalue weighted by Crippen LogP contribution is 2.34. The standard InChI is InChI=1S/C17H10Cl4N2O2/c1-8-2-3-9(6-12(8)19)22-15-14(21)16(24)23(17(15)25)10-4-5-11(18)13(20)7-10/h2-7,22H,1H3. The summed E-state index contributed by atoms with van der Waals surface area (Å²) in [6.07, 6.45) is 0. The number of hydrogen-bond acceptors (Lipinski definition) is 3. The van der Waals surface area contributed by atoms with Crippen molar-refractivity contribution in [2.45, 2.75) is 6.92 Å². The summed E-state index contributed by atoms with van der Waals surface area (Å²) in [5.41, 5.74) is 1.68. The van der Waals surface area contributed by atoms with Crippen LogP contribution in [0.25, 0.3) is 0 Å². The van der Waals surface area contributed by atoms with Crippen LogP contribution in [0.2, 0.25) is 15.1 Å². The molecule has 8 heteroatoms. The van der Waals surface area contributed by atoms with E-state index in [0.717, 1.165) is 10.5 Å². The van der Waals surface area contributed by atoms with Crippen molar-refractivity contribution in [1.82, 2.24) is 0 Å². The van der Waals surface area contributed by atoms with Gasteiger partial charge in [-0.25, -0.2) is 4.90 Å². The molecule has 1 aliphatic heterocycles. The van der Waals surface area contributed by atoms with E-state index < -0.39 is 11.8 Å². The molecule has 1 N–H and O–H groups in total. The van der Waals surface area contributed by atoms with Gasteiger partial charge in [-0.15, -0.1) is 0 Å². The first-order valence-electron chi connectivity index (χ1n) is 7.06. The lowest BCUT2D eigenvalue weighted by atomic mass is 10.2. The Bertz CT molecular complexity index is 940. The van der Waals surface area contributed by atoms with Gasteiger partial charge in [0.2, 0.25) is 0 Å². The first-order chi connectivity index (χ1) is 11.8. The number of carbonyl (C=O) groups is 2. The third kappa shape index (κ3) is 3.35. The predicted octanol–water partition coefficient (Wildman–Crippen LogP) is 5.39. The fourth-order valence-electron chi connectivity index (χ4n) is 2.28. The second-order valence-corrected chi connectivity index (χ2v) is 6.92. The van der Waals surface area contributed by atoms with Crippen molar-refractivity contribution in [1.29, 1.82) is 0 Å². The van der Waals surface area contributed by atoms with Gasteiger partial charge in [-0.05, 0) is 42.8 Å². The molecule has 1 heterocycles. The Kier molecular flexibility index (Phi) is 4.98. The second kappa shape index (κ2) is 6.89. The minimum absolute atomic E-state index is 0.0299. The SMILES string of the molecule is Cc1ccc(NC2=C(Cl)C(=O)N(c3ccc(Cl)c(Cl)c3)C2=O)cc1Cl. The van der Waals surface area contributed by atoms with Crippen LogP contribution in [0, 0.1) is 6.92 Å². The van der Waals surface area contributed by atoms with Gasteiger partial charge in [0.05, 0.1) is 15.7 Å². The highest BCUT2D eigenvalue weighted by Gasteiger charge is 2.39. The van der Waals surface area contributed by atoms with Crippen molar-refractivity contribution in [3.63, 3.8) is 0 Å². The minimum atomic E-state index is -0.647. The summed E-state index contributed by atoms with van der Waals surface area (Å²) in [4.78, 5) is 26.0. The van der Waals surface area contributed by atoms with Gasteiger partial charge in [0.25, 0.3) is 11.8 Å². The van der Waals surface area contributed by atoms with Crippen LogP contribution in [0.3, 0.4) is 0 Å². The maximum absolute atomic E-state index is 12.7. The first kappa shape index (κ1) is 18.1. The molecule has 2 aromatic carbocycles. The van der Waals surface area contributed by atoms with Gasteiger partial charge in [0.1, 0.15) is 10.7 Å². The molecular formula is C17H10Cl4N2O2. The molecule has 0 aliphatic carbocycles. The van der Waals surface area contributed by atoms with Crippen LogP contribution in [-0.2, 0) is 9.59 Å². The van der Waals surface area contributed by atoms with Crippen LogP contribution < -0.4 is 10.2 Å². The second-order valence-electron chi connectivity index (χ2n) is 5.32. The van der Waals surface area contributed by atoms with Crippen LogP contribution in [0.4, 0.5) is 11.4 Å². The van der Waals surface area contributed by atoms with Gasteiger partial charge < -0.3 is 5.32 Å². The van der Waals surface area contributed by atoms with Crippen molar-refractivity contribution in [3.8, 4) is 0 Å². The van der Waals surface area contributed by atoms with E-state index in [9.17, 15) is 9.59 Å². The number of amides is 2. The van der Waals surface area contributed by atoms with E-state index >= 15 is 0 Å². The zero-order valence-corrected chi connectivity index (χ0v) is 15.8. The summed E-state index contributed by atoms with van der Waals surface area (Å²) < 4.78 is 0. The number of imide groups is 1. The molecular weight excluding hydrogens is 406 g/mol. The molecule has 0 aromatic heterocycles. The van der Waals surface area contributed by atoms with Crippen LogP contribution in [0.5, 0.6) is 0 Å². The van der Waals surface area contributed by atoms with Gasteiger partial charge in [-0.1, -0.05) is 52.5 Å². The van der Waals surface area contributed by atoms with Gasteiger partial charge in [0, 0.05) is 10.7 Å². The molecule has 0 unspecified atom stereocenters. The number of carbonyl (C=O) groups excluding carboxylic acids is 2. The van der Waals surface area contributed by atoms with Gasteiger partial charge in [0.15, 0.2) is 0 Å². The van der Waals surface area contributed by atoms with Crippen molar-refractivity contribution in [3.05, 3.63) is 67.8 Å². The van der Waals surface area contributed by atoms with Crippen LogP contribution in [-0.4, -0.2) is 11.8 Å². The number of rotatable bonds is 3. The van der Waals surface area contributed by atoms with E-state index in [2.05, 4.69) is 5.32 Å². The molecule has 0 saturated heterocycles. The van der Waals surface area contributed by atoms with Crippen LogP contribution in [0.15, 0.2) is 47.1 Å². The van der Waals surface area contributed by atoms with E-state index in [1.165, 1.54) is 18.2 Å². The summed E-state index contributed by atoms with van der Waals surface area (Å²) in [7, 11) is 0. The fourth-order valence-corrected chi connectivity index (χ4v) is 2.97. The lowest BCUT2D eigenvalue weighted by Gasteiger charge is -2.16. The smallest absolute Gasteiger partial charge is 0.283 e. The molecule has 0 saturated carbocycles. The fraction of sp³-hybridized carbons (Fsp3) is 0.0588. The number of benzene rings is 2. The maximum Gasteiger partial charge on any atom is 0.283 e. The number of halogens is 4. The van der Waals surface area contributed by atoms with Gasteiger partial charge in [-0.3, -0.25) is 9.59 Å². The summed E-state index contributed by atoms with van der Waals surface area (Å²) in [5.74, 6) is -1.24. The molecule has 1 aliphatic rings. The number of hydrogen-bond donors (Lipinski definition) is 1. The molecule has 2 aromatic rings. The molecule has 3 rings (SSSR count). The molecule has 2 amide bonds. The Balaban J connectivity index is 1.93. The Morgan fingerprint density at radius 3 is 2.20 bits per heavy atom. The lowest BCUT2D eigenvalue weighted by Crippen LogP contribution is -2.32. The monoisotopic (exact) mass is 414 g/mol. The zero-order chi connectivity index (χ0) is 18.3. The topological polar surface area (TPSA) is 49.4 Å². The zero-order valence-electron chi connectivity index (χ0n) is 12.7. The van der Waals surface area contributed by atoms with Crippen LogP contribution >= 0.6 is 46.4 Å². The van der Waals surface area contributed by atoms with E-state index in [0.29, 0.717) is 15.7 Å². The molecule has 128 valence electrons. The Hall–Kier alpha value is -1.72. The molecule has 0 atom stereocenters. The normalized spacial score (nSPS) is 14.5. The van der Waals surface area contributed by atoms with Crippen molar-refractivity contribution in [2.75, 3.05) is 10.2 Å². The first-order valence-corrected chi connectivity index (χ1v) is 8.57.